The number of aryl methyl sites for hydroxylation is 2. The summed E-state index contributed by atoms with van der Waals surface area (Å²) in [6.45, 7) is 5.61. The number of carbonyl (C=O) groups excluding carboxylic acids is 1. The fourth-order valence-corrected chi connectivity index (χ4v) is 2.50. The summed E-state index contributed by atoms with van der Waals surface area (Å²) in [7, 11) is 0. The number of carbonyl (C=O) groups is 1. The summed E-state index contributed by atoms with van der Waals surface area (Å²) >= 11 is 0. The molecule has 3 N–H and O–H groups in total. The lowest BCUT2D eigenvalue weighted by atomic mass is 9.99. The van der Waals surface area contributed by atoms with Crippen LogP contribution in [0.5, 0.6) is 0 Å². The van der Waals surface area contributed by atoms with Crippen LogP contribution in [-0.4, -0.2) is 27.8 Å². The summed E-state index contributed by atoms with van der Waals surface area (Å²) in [5.74, 6) is -0.926. The van der Waals surface area contributed by atoms with E-state index < -0.39 is 11.9 Å². The van der Waals surface area contributed by atoms with Gasteiger partial charge in [-0.05, 0) is 31.9 Å². The molecule has 0 aliphatic carbocycles. The molecule has 0 aliphatic heterocycles. The Balaban J connectivity index is 1.90. The number of nitrogens with zero attached hydrogens (tertiary/aromatic N) is 1. The lowest BCUT2D eigenvalue weighted by Crippen LogP contribution is -2.33. The third-order valence-electron chi connectivity index (χ3n) is 3.97. The van der Waals surface area contributed by atoms with E-state index in [-0.39, 0.29) is 23.9 Å². The van der Waals surface area contributed by atoms with Crippen LogP contribution in [0.25, 0.3) is 0 Å². The zero-order chi connectivity index (χ0) is 17.0. The van der Waals surface area contributed by atoms with Crippen LogP contribution >= 0.6 is 0 Å². The molecule has 1 aromatic heterocycles. The maximum atomic E-state index is 13.6. The van der Waals surface area contributed by atoms with Crippen molar-refractivity contribution in [1.82, 2.24) is 15.5 Å². The van der Waals surface area contributed by atoms with Crippen molar-refractivity contribution in [3.63, 3.8) is 0 Å². The Bertz CT molecular complexity index is 665. The van der Waals surface area contributed by atoms with Crippen molar-refractivity contribution in [2.45, 2.75) is 33.3 Å². The molecule has 0 aliphatic rings. The number of benzene rings is 1. The quantitative estimate of drug-likeness (QED) is 0.764. The van der Waals surface area contributed by atoms with E-state index in [0.29, 0.717) is 6.42 Å². The molecule has 1 heterocycles. The minimum absolute atomic E-state index is 0.0204. The van der Waals surface area contributed by atoms with Gasteiger partial charge in [-0.1, -0.05) is 25.1 Å². The first-order valence-corrected chi connectivity index (χ1v) is 7.60. The number of halogens is 1. The van der Waals surface area contributed by atoms with Crippen LogP contribution in [0.1, 0.15) is 35.5 Å². The Morgan fingerprint density at radius 1 is 1.39 bits per heavy atom. The number of aromatic amines is 1. The molecule has 23 heavy (non-hydrogen) atoms. The summed E-state index contributed by atoms with van der Waals surface area (Å²) in [6, 6.07) is 6.00. The van der Waals surface area contributed by atoms with Gasteiger partial charge in [0.05, 0.1) is 11.8 Å². The van der Waals surface area contributed by atoms with Gasteiger partial charge in [-0.3, -0.25) is 9.89 Å². The van der Waals surface area contributed by atoms with Crippen LogP contribution in [0.2, 0.25) is 0 Å². The van der Waals surface area contributed by atoms with E-state index in [1.165, 1.54) is 12.1 Å². The molecule has 0 bridgehead atoms. The second kappa shape index (κ2) is 7.37. The van der Waals surface area contributed by atoms with Gasteiger partial charge in [0.25, 0.3) is 0 Å². The molecule has 0 unspecified atom stereocenters. The van der Waals surface area contributed by atoms with E-state index in [9.17, 15) is 14.3 Å². The van der Waals surface area contributed by atoms with E-state index in [1.807, 2.05) is 20.8 Å². The van der Waals surface area contributed by atoms with Crippen molar-refractivity contribution < 1.29 is 14.3 Å². The van der Waals surface area contributed by atoms with E-state index in [0.717, 1.165) is 17.0 Å². The van der Waals surface area contributed by atoms with Crippen LogP contribution in [0.3, 0.4) is 0 Å². The predicted molar refractivity (Wildman–Crippen MR) is 85.3 cm³/mol. The van der Waals surface area contributed by atoms with Gasteiger partial charge in [0.15, 0.2) is 0 Å². The number of hydrogen-bond acceptors (Lipinski definition) is 3. The van der Waals surface area contributed by atoms with Gasteiger partial charge in [-0.2, -0.15) is 5.10 Å². The predicted octanol–water partition coefficient (Wildman–Crippen LogP) is 2.19. The van der Waals surface area contributed by atoms with Gasteiger partial charge in [0, 0.05) is 23.7 Å². The highest BCUT2D eigenvalue weighted by molar-refractivity contribution is 5.78. The molecule has 6 heteroatoms. The molecule has 0 saturated carbocycles. The van der Waals surface area contributed by atoms with Crippen LogP contribution in [0.15, 0.2) is 24.3 Å². The molecule has 0 spiro atoms. The summed E-state index contributed by atoms with van der Waals surface area (Å²) in [5, 5.41) is 19.7. The number of aliphatic hydroxyl groups excluding tert-OH is 1. The van der Waals surface area contributed by atoms with Crippen molar-refractivity contribution in [3.05, 3.63) is 52.6 Å². The fourth-order valence-electron chi connectivity index (χ4n) is 2.50. The highest BCUT2D eigenvalue weighted by Gasteiger charge is 2.19. The van der Waals surface area contributed by atoms with Crippen LogP contribution < -0.4 is 5.32 Å². The van der Waals surface area contributed by atoms with Crippen molar-refractivity contribution >= 4 is 5.91 Å². The topological polar surface area (TPSA) is 78.0 Å². The second-order valence-corrected chi connectivity index (χ2v) is 5.80. The number of hydrogen-bond donors (Lipinski definition) is 3. The summed E-state index contributed by atoms with van der Waals surface area (Å²) in [4.78, 5) is 12.2. The number of aliphatic hydroxyl groups is 1. The lowest BCUT2D eigenvalue weighted by molar-refractivity contribution is -0.124. The zero-order valence-electron chi connectivity index (χ0n) is 13.6. The minimum Gasteiger partial charge on any atom is -0.386 e. The van der Waals surface area contributed by atoms with Gasteiger partial charge in [0.1, 0.15) is 5.82 Å². The van der Waals surface area contributed by atoms with Crippen molar-refractivity contribution in [3.8, 4) is 0 Å². The fraction of sp³-hybridized carbons (Fsp3) is 0.412. The zero-order valence-corrected chi connectivity index (χ0v) is 13.6. The van der Waals surface area contributed by atoms with Gasteiger partial charge in [-0.25, -0.2) is 4.39 Å². The summed E-state index contributed by atoms with van der Waals surface area (Å²) in [5.41, 5.74) is 3.05. The SMILES string of the molecule is Cc1n[nH]c(C)c1C[C@@H](C)C(=O)NC[C@H](O)c1ccccc1F. The smallest absolute Gasteiger partial charge is 0.223 e. The molecule has 1 aromatic carbocycles. The molecule has 0 fully saturated rings. The largest absolute Gasteiger partial charge is 0.386 e. The Labute approximate surface area is 134 Å². The van der Waals surface area contributed by atoms with Crippen LogP contribution in [0.4, 0.5) is 4.39 Å². The van der Waals surface area contributed by atoms with E-state index in [2.05, 4.69) is 15.5 Å². The number of H-pyrrole nitrogens is 1. The highest BCUT2D eigenvalue weighted by Crippen LogP contribution is 2.17. The van der Waals surface area contributed by atoms with Crippen molar-refractivity contribution in [2.24, 2.45) is 5.92 Å². The number of aromatic nitrogens is 2. The van der Waals surface area contributed by atoms with Gasteiger partial charge in [-0.15, -0.1) is 0 Å². The van der Waals surface area contributed by atoms with Crippen molar-refractivity contribution in [2.75, 3.05) is 6.54 Å². The summed E-state index contributed by atoms with van der Waals surface area (Å²) < 4.78 is 13.6. The van der Waals surface area contributed by atoms with Gasteiger partial charge < -0.3 is 10.4 Å². The first kappa shape index (κ1) is 17.1. The number of rotatable bonds is 6. The third-order valence-corrected chi connectivity index (χ3v) is 3.97. The summed E-state index contributed by atoms with van der Waals surface area (Å²) in [6.07, 6.45) is -0.500. The number of amides is 1. The molecule has 0 saturated heterocycles. The maximum absolute atomic E-state index is 13.6. The van der Waals surface area contributed by atoms with E-state index in [1.54, 1.807) is 12.1 Å². The minimum atomic E-state index is -1.07. The molecule has 2 rings (SSSR count). The molecular formula is C17H22FN3O2. The van der Waals surface area contributed by atoms with Crippen LogP contribution in [-0.2, 0) is 11.2 Å². The second-order valence-electron chi connectivity index (χ2n) is 5.80. The molecular weight excluding hydrogens is 297 g/mol. The molecule has 5 nitrogen and oxygen atoms in total. The van der Waals surface area contributed by atoms with E-state index in [4.69, 9.17) is 0 Å². The monoisotopic (exact) mass is 319 g/mol. The van der Waals surface area contributed by atoms with Crippen LogP contribution in [0, 0.1) is 25.6 Å². The Morgan fingerprint density at radius 2 is 2.09 bits per heavy atom. The maximum Gasteiger partial charge on any atom is 0.223 e. The first-order valence-electron chi connectivity index (χ1n) is 7.60. The van der Waals surface area contributed by atoms with Gasteiger partial charge >= 0.3 is 0 Å². The third kappa shape index (κ3) is 4.16. The Kier molecular flexibility index (Phi) is 5.50. The first-order chi connectivity index (χ1) is 10.9. The average Bonchev–Trinajstić information content (AvgIpc) is 2.84. The molecule has 2 aromatic rings. The standard InChI is InChI=1S/C17H22FN3O2/c1-10(8-14-11(2)20-21-12(14)3)17(23)19-9-16(22)13-6-4-5-7-15(13)18/h4-7,10,16,22H,8-9H2,1-3H3,(H,19,23)(H,20,21)/t10-,16+/m1/s1. The lowest BCUT2D eigenvalue weighted by Gasteiger charge is -2.16. The molecule has 2 atom stereocenters. The molecule has 0 radical (unpaired) electrons. The van der Waals surface area contributed by atoms with Crippen molar-refractivity contribution in [1.29, 1.82) is 0 Å². The highest BCUT2D eigenvalue weighted by atomic mass is 19.1. The Hall–Kier alpha value is -2.21. The molecule has 1 amide bonds. The average molecular weight is 319 g/mol. The number of nitrogens with one attached hydrogen (secondary N) is 2. The van der Waals surface area contributed by atoms with Gasteiger partial charge in [0.2, 0.25) is 5.91 Å². The molecule has 124 valence electrons. The Morgan fingerprint density at radius 3 is 2.70 bits per heavy atom. The van der Waals surface area contributed by atoms with E-state index >= 15 is 0 Å². The normalized spacial score (nSPS) is 13.6.